The predicted molar refractivity (Wildman–Crippen MR) is 72.2 cm³/mol. The average molecular weight is 310 g/mol. The number of carbonyl (C=O) groups excluding carboxylic acids is 1. The number of nitrogens with zero attached hydrogens (tertiary/aromatic N) is 2. The fourth-order valence-corrected chi connectivity index (χ4v) is 2.45. The molecule has 2 heterocycles. The Morgan fingerprint density at radius 3 is 2.73 bits per heavy atom. The monoisotopic (exact) mass is 310 g/mol. The first-order valence-electron chi connectivity index (χ1n) is 6.78. The van der Waals surface area contributed by atoms with Gasteiger partial charge in [-0.3, -0.25) is 9.69 Å². The molecule has 22 heavy (non-hydrogen) atoms. The molecule has 1 fully saturated rings. The van der Waals surface area contributed by atoms with Gasteiger partial charge in [-0.1, -0.05) is 6.07 Å². The molecule has 3 rings (SSSR count). The lowest BCUT2D eigenvalue weighted by molar-refractivity contribution is -0.133. The van der Waals surface area contributed by atoms with Crippen molar-refractivity contribution >= 4 is 11.7 Å². The van der Waals surface area contributed by atoms with Crippen molar-refractivity contribution in [1.82, 2.24) is 4.98 Å². The van der Waals surface area contributed by atoms with Crippen LogP contribution < -0.4 is 4.90 Å². The molecule has 7 heteroatoms. The quantitative estimate of drug-likeness (QED) is 0.870. The number of carbonyl (C=O) groups is 1. The van der Waals surface area contributed by atoms with E-state index in [4.69, 9.17) is 4.42 Å². The van der Waals surface area contributed by atoms with E-state index in [1.165, 1.54) is 18.5 Å². The SMILES string of the molecule is O=C([C@H]1C[C@@H]1c1ccco1)N(CC(F)(F)F)c1ccccn1. The molecule has 0 aromatic carbocycles. The largest absolute Gasteiger partial charge is 0.469 e. The minimum atomic E-state index is -4.48. The third-order valence-electron chi connectivity index (χ3n) is 3.55. The number of aromatic nitrogens is 1. The Morgan fingerprint density at radius 1 is 1.32 bits per heavy atom. The topological polar surface area (TPSA) is 46.3 Å². The summed E-state index contributed by atoms with van der Waals surface area (Å²) in [5.41, 5.74) is 0. The van der Waals surface area contributed by atoms with Gasteiger partial charge < -0.3 is 4.42 Å². The van der Waals surface area contributed by atoms with Crippen molar-refractivity contribution in [2.24, 2.45) is 5.92 Å². The van der Waals surface area contributed by atoms with Crippen LogP contribution >= 0.6 is 0 Å². The van der Waals surface area contributed by atoms with E-state index >= 15 is 0 Å². The van der Waals surface area contributed by atoms with Gasteiger partial charge in [0.15, 0.2) is 0 Å². The van der Waals surface area contributed by atoms with Gasteiger partial charge in [0.25, 0.3) is 0 Å². The van der Waals surface area contributed by atoms with E-state index in [0.29, 0.717) is 17.1 Å². The fraction of sp³-hybridized carbons (Fsp3) is 0.333. The molecule has 2 aromatic heterocycles. The molecule has 1 aliphatic carbocycles. The van der Waals surface area contributed by atoms with Crippen LogP contribution in [0, 0.1) is 5.92 Å². The van der Waals surface area contributed by atoms with Gasteiger partial charge >= 0.3 is 6.18 Å². The number of hydrogen-bond acceptors (Lipinski definition) is 3. The molecule has 0 N–H and O–H groups in total. The number of amides is 1. The summed E-state index contributed by atoms with van der Waals surface area (Å²) >= 11 is 0. The molecule has 0 bridgehead atoms. The predicted octanol–water partition coefficient (Wildman–Crippen LogP) is 3.37. The number of halogens is 3. The molecule has 1 amide bonds. The van der Waals surface area contributed by atoms with Crippen LogP contribution in [0.15, 0.2) is 47.2 Å². The van der Waals surface area contributed by atoms with Gasteiger partial charge in [0, 0.05) is 18.0 Å². The van der Waals surface area contributed by atoms with Crippen LogP contribution in [0.1, 0.15) is 18.1 Å². The summed E-state index contributed by atoms with van der Waals surface area (Å²) in [5.74, 6) is -0.573. The van der Waals surface area contributed by atoms with Gasteiger partial charge in [-0.25, -0.2) is 4.98 Å². The number of alkyl halides is 3. The van der Waals surface area contributed by atoms with Crippen molar-refractivity contribution in [3.05, 3.63) is 48.6 Å². The van der Waals surface area contributed by atoms with Gasteiger partial charge in [-0.15, -0.1) is 0 Å². The van der Waals surface area contributed by atoms with E-state index in [0.717, 1.165) is 0 Å². The average Bonchev–Trinajstić information content (AvgIpc) is 3.09. The zero-order valence-corrected chi connectivity index (χ0v) is 11.5. The second-order valence-corrected chi connectivity index (χ2v) is 5.19. The van der Waals surface area contributed by atoms with Crippen molar-refractivity contribution in [3.8, 4) is 0 Å². The second kappa shape index (κ2) is 5.47. The normalized spacial score (nSPS) is 20.7. The first-order chi connectivity index (χ1) is 10.5. The van der Waals surface area contributed by atoms with Crippen LogP contribution in [0.2, 0.25) is 0 Å². The highest BCUT2D eigenvalue weighted by atomic mass is 19.4. The molecule has 0 aliphatic heterocycles. The first-order valence-corrected chi connectivity index (χ1v) is 6.78. The Bertz CT molecular complexity index is 641. The number of furan rings is 1. The molecular weight excluding hydrogens is 297 g/mol. The van der Waals surface area contributed by atoms with Crippen molar-refractivity contribution in [1.29, 1.82) is 0 Å². The number of anilines is 1. The molecule has 116 valence electrons. The molecule has 0 unspecified atom stereocenters. The Labute approximate surface area is 124 Å². The smallest absolute Gasteiger partial charge is 0.406 e. The summed E-state index contributed by atoms with van der Waals surface area (Å²) in [7, 11) is 0. The Kier molecular flexibility index (Phi) is 3.64. The Morgan fingerprint density at radius 2 is 2.14 bits per heavy atom. The van der Waals surface area contributed by atoms with Crippen LogP contribution in [0.3, 0.4) is 0 Å². The zero-order chi connectivity index (χ0) is 15.7. The van der Waals surface area contributed by atoms with Crippen molar-refractivity contribution < 1.29 is 22.4 Å². The highest BCUT2D eigenvalue weighted by Gasteiger charge is 2.49. The lowest BCUT2D eigenvalue weighted by atomic mass is 10.2. The van der Waals surface area contributed by atoms with Crippen LogP contribution in [0.5, 0.6) is 0 Å². The zero-order valence-electron chi connectivity index (χ0n) is 11.5. The van der Waals surface area contributed by atoms with Crippen molar-refractivity contribution in [2.75, 3.05) is 11.4 Å². The first kappa shape index (κ1) is 14.6. The van der Waals surface area contributed by atoms with E-state index in [9.17, 15) is 18.0 Å². The summed E-state index contributed by atoms with van der Waals surface area (Å²) in [4.78, 5) is 17.0. The van der Waals surface area contributed by atoms with Gasteiger partial charge in [0.1, 0.15) is 18.1 Å². The molecule has 2 atom stereocenters. The lowest BCUT2D eigenvalue weighted by Crippen LogP contribution is -2.40. The van der Waals surface area contributed by atoms with Crippen molar-refractivity contribution in [2.45, 2.75) is 18.5 Å². The summed E-state index contributed by atoms with van der Waals surface area (Å²) in [6.07, 6.45) is -1.14. The standard InChI is InChI=1S/C15H13F3N2O2/c16-15(17,18)9-20(13-5-1-2-6-19-13)14(21)11-8-10(11)12-4-3-7-22-12/h1-7,10-11H,8-9H2/t10-,11-/m0/s1. The molecule has 1 saturated carbocycles. The molecule has 0 spiro atoms. The maximum absolute atomic E-state index is 12.8. The van der Waals surface area contributed by atoms with E-state index in [1.54, 1.807) is 24.3 Å². The molecule has 0 saturated heterocycles. The maximum atomic E-state index is 12.8. The third kappa shape index (κ3) is 3.13. The van der Waals surface area contributed by atoms with Crippen LogP contribution in [-0.2, 0) is 4.79 Å². The van der Waals surface area contributed by atoms with E-state index in [1.807, 2.05) is 0 Å². The van der Waals surface area contributed by atoms with Gasteiger partial charge in [-0.2, -0.15) is 13.2 Å². The highest BCUT2D eigenvalue weighted by molar-refractivity contribution is 5.96. The number of pyridine rings is 1. The second-order valence-electron chi connectivity index (χ2n) is 5.19. The summed E-state index contributed by atoms with van der Waals surface area (Å²) in [5, 5.41) is 0. The molecule has 1 aliphatic rings. The molecule has 4 nitrogen and oxygen atoms in total. The Hall–Kier alpha value is -2.31. The van der Waals surface area contributed by atoms with Gasteiger partial charge in [0.2, 0.25) is 5.91 Å². The summed E-state index contributed by atoms with van der Waals surface area (Å²) < 4.78 is 43.5. The third-order valence-corrected chi connectivity index (χ3v) is 3.55. The Balaban J connectivity index is 1.79. The van der Waals surface area contributed by atoms with E-state index < -0.39 is 24.5 Å². The minimum Gasteiger partial charge on any atom is -0.469 e. The highest BCUT2D eigenvalue weighted by Crippen LogP contribution is 2.49. The van der Waals surface area contributed by atoms with E-state index in [2.05, 4.69) is 4.98 Å². The summed E-state index contributed by atoms with van der Waals surface area (Å²) in [6, 6.07) is 7.96. The van der Waals surface area contributed by atoms with E-state index in [-0.39, 0.29) is 11.7 Å². The summed E-state index contributed by atoms with van der Waals surface area (Å²) in [6.45, 7) is -1.34. The number of rotatable bonds is 4. The fourth-order valence-electron chi connectivity index (χ4n) is 2.45. The van der Waals surface area contributed by atoms with Gasteiger partial charge in [-0.05, 0) is 30.7 Å². The minimum absolute atomic E-state index is 0.00919. The van der Waals surface area contributed by atoms with Crippen LogP contribution in [0.25, 0.3) is 0 Å². The molecule has 0 radical (unpaired) electrons. The van der Waals surface area contributed by atoms with Crippen LogP contribution in [-0.4, -0.2) is 23.6 Å². The molecular formula is C15H13F3N2O2. The van der Waals surface area contributed by atoms with Gasteiger partial charge in [0.05, 0.1) is 6.26 Å². The lowest BCUT2D eigenvalue weighted by Gasteiger charge is -2.23. The molecule has 2 aromatic rings. The van der Waals surface area contributed by atoms with Crippen molar-refractivity contribution in [3.63, 3.8) is 0 Å². The number of hydrogen-bond donors (Lipinski definition) is 0. The van der Waals surface area contributed by atoms with Crippen LogP contribution in [0.4, 0.5) is 19.0 Å². The maximum Gasteiger partial charge on any atom is 0.406 e.